The van der Waals surface area contributed by atoms with Gasteiger partial charge in [0.25, 0.3) is 11.8 Å². The molecule has 3 amide bonds. The minimum atomic E-state index is -1.31. The van der Waals surface area contributed by atoms with Crippen LogP contribution in [0.4, 0.5) is 11.4 Å². The average Bonchev–Trinajstić information content (AvgIpc) is 2.97. The van der Waals surface area contributed by atoms with Gasteiger partial charge in [-0.2, -0.15) is 0 Å². The highest BCUT2D eigenvalue weighted by atomic mass is 35.5. The topological polar surface area (TPSA) is 145 Å². The van der Waals surface area contributed by atoms with E-state index in [9.17, 15) is 24.3 Å². The van der Waals surface area contributed by atoms with Crippen molar-refractivity contribution in [2.45, 2.75) is 4.90 Å². The Balaban J connectivity index is 1.39. The van der Waals surface area contributed by atoms with Crippen LogP contribution in [0.25, 0.3) is 6.08 Å². The van der Waals surface area contributed by atoms with Gasteiger partial charge < -0.3 is 26.2 Å². The van der Waals surface area contributed by atoms with Gasteiger partial charge in [0.1, 0.15) is 17.0 Å². The third kappa shape index (κ3) is 8.47. The molecule has 0 aliphatic heterocycles. The fourth-order valence-corrected chi connectivity index (χ4v) is 4.57. The summed E-state index contributed by atoms with van der Waals surface area (Å²) in [6, 6.07) is 25.9. The van der Waals surface area contributed by atoms with Crippen LogP contribution in [0.1, 0.15) is 26.3 Å². The summed E-state index contributed by atoms with van der Waals surface area (Å²) in [5.74, 6) is -3.04. The minimum Gasteiger partial charge on any atom is -0.507 e. The summed E-state index contributed by atoms with van der Waals surface area (Å²) in [5.41, 5.74) is 1.42. The lowest BCUT2D eigenvalue weighted by Gasteiger charge is -2.12. The lowest BCUT2D eigenvalue weighted by molar-refractivity contribution is -0.114. The molecule has 0 bridgehead atoms. The fourth-order valence-electron chi connectivity index (χ4n) is 3.67. The summed E-state index contributed by atoms with van der Waals surface area (Å²) in [5, 5.41) is 27.2. The number of aromatic hydroxyl groups is 1. The maximum Gasteiger partial charge on any atom is 0.339 e. The number of carboxylic acids is 1. The van der Waals surface area contributed by atoms with Gasteiger partial charge in [0.15, 0.2) is 0 Å². The lowest BCUT2D eigenvalue weighted by Crippen LogP contribution is -2.30. The van der Waals surface area contributed by atoms with Crippen molar-refractivity contribution < 1.29 is 29.4 Å². The van der Waals surface area contributed by atoms with Crippen LogP contribution < -0.4 is 16.0 Å². The SMILES string of the molecule is O=C(CSc1ccc(NC(=O)/C(=C/c2cccc(Cl)c2)NC(=O)c2ccccc2)cc1)Nc1ccc(O)c(C(=O)O)c1. The molecule has 9 nitrogen and oxygen atoms in total. The molecule has 0 fully saturated rings. The van der Waals surface area contributed by atoms with Crippen molar-refractivity contribution in [3.8, 4) is 5.75 Å². The number of amides is 3. The van der Waals surface area contributed by atoms with Crippen LogP contribution in [-0.2, 0) is 9.59 Å². The Morgan fingerprint density at radius 1 is 0.810 bits per heavy atom. The van der Waals surface area contributed by atoms with E-state index < -0.39 is 23.5 Å². The molecule has 5 N–H and O–H groups in total. The molecular weight excluding hydrogens is 578 g/mol. The van der Waals surface area contributed by atoms with Gasteiger partial charge in [-0.05, 0) is 78.4 Å². The summed E-state index contributed by atoms with van der Waals surface area (Å²) >= 11 is 7.32. The zero-order chi connectivity index (χ0) is 30.1. The Hall–Kier alpha value is -5.06. The molecule has 4 rings (SSSR count). The number of nitrogens with one attached hydrogen (secondary N) is 3. The van der Waals surface area contributed by atoms with Crippen molar-refractivity contribution >= 4 is 64.5 Å². The third-order valence-corrected chi connectivity index (χ3v) is 6.93. The van der Waals surface area contributed by atoms with Gasteiger partial charge >= 0.3 is 5.97 Å². The molecule has 4 aromatic carbocycles. The number of carbonyl (C=O) groups is 4. The first-order valence-corrected chi connectivity index (χ1v) is 13.8. The predicted octanol–water partition coefficient (Wildman–Crippen LogP) is 5.88. The van der Waals surface area contributed by atoms with Crippen LogP contribution in [0.3, 0.4) is 0 Å². The highest BCUT2D eigenvalue weighted by Gasteiger charge is 2.16. The van der Waals surface area contributed by atoms with Crippen LogP contribution in [0.2, 0.25) is 5.02 Å². The van der Waals surface area contributed by atoms with E-state index in [1.807, 2.05) is 0 Å². The van der Waals surface area contributed by atoms with Crippen molar-refractivity contribution in [2.75, 3.05) is 16.4 Å². The number of carbonyl (C=O) groups excluding carboxylic acids is 3. The predicted molar refractivity (Wildman–Crippen MR) is 163 cm³/mol. The number of aromatic carboxylic acids is 1. The molecule has 0 unspecified atom stereocenters. The summed E-state index contributed by atoms with van der Waals surface area (Å²) < 4.78 is 0. The van der Waals surface area contributed by atoms with Crippen LogP contribution >= 0.6 is 23.4 Å². The number of hydrogen-bond acceptors (Lipinski definition) is 6. The van der Waals surface area contributed by atoms with Crippen molar-refractivity contribution in [3.05, 3.63) is 124 Å². The second kappa shape index (κ2) is 14.0. The smallest absolute Gasteiger partial charge is 0.339 e. The second-order valence-corrected chi connectivity index (χ2v) is 10.3. The number of hydrogen-bond donors (Lipinski definition) is 5. The molecule has 11 heteroatoms. The Kier molecular flexibility index (Phi) is 9.99. The van der Waals surface area contributed by atoms with Crippen molar-refractivity contribution in [2.24, 2.45) is 0 Å². The van der Waals surface area contributed by atoms with Crippen molar-refractivity contribution in [1.82, 2.24) is 5.32 Å². The van der Waals surface area contributed by atoms with E-state index in [1.54, 1.807) is 78.9 Å². The maximum atomic E-state index is 13.2. The van der Waals surface area contributed by atoms with E-state index in [1.165, 1.54) is 36.0 Å². The Morgan fingerprint density at radius 3 is 2.21 bits per heavy atom. The third-order valence-electron chi connectivity index (χ3n) is 5.68. The first-order valence-electron chi connectivity index (χ1n) is 12.4. The highest BCUT2D eigenvalue weighted by molar-refractivity contribution is 8.00. The molecule has 0 saturated carbocycles. The van der Waals surface area contributed by atoms with Gasteiger partial charge in [-0.15, -0.1) is 11.8 Å². The van der Waals surface area contributed by atoms with Gasteiger partial charge in [-0.3, -0.25) is 14.4 Å². The number of rotatable bonds is 10. The molecule has 0 spiro atoms. The van der Waals surface area contributed by atoms with Crippen LogP contribution in [0.5, 0.6) is 5.75 Å². The second-order valence-electron chi connectivity index (χ2n) is 8.79. The summed E-state index contributed by atoms with van der Waals surface area (Å²) in [7, 11) is 0. The molecule has 0 radical (unpaired) electrons. The van der Waals surface area contributed by atoms with E-state index in [2.05, 4.69) is 16.0 Å². The first-order chi connectivity index (χ1) is 20.2. The minimum absolute atomic E-state index is 0.0153. The lowest BCUT2D eigenvalue weighted by atomic mass is 10.1. The van der Waals surface area contributed by atoms with Gasteiger partial charge in [-0.1, -0.05) is 41.9 Å². The number of carboxylic acid groups (broad SMARTS) is 1. The molecule has 0 aliphatic carbocycles. The quantitative estimate of drug-likeness (QED) is 0.0866. The van der Waals surface area contributed by atoms with E-state index in [-0.39, 0.29) is 28.6 Å². The normalized spacial score (nSPS) is 10.9. The molecule has 0 aliphatic rings. The standard InChI is InChI=1S/C31H24ClN3O6S/c32-21-8-4-5-19(15-21)16-26(35-29(38)20-6-2-1-3-7-20)30(39)34-22-9-12-24(13-10-22)42-18-28(37)33-23-11-14-27(36)25(17-23)31(40)41/h1-17,36H,18H2,(H,33,37)(H,34,39)(H,35,38)(H,40,41)/b26-16-. The zero-order valence-corrected chi connectivity index (χ0v) is 23.4. The summed E-state index contributed by atoms with van der Waals surface area (Å²) in [6.07, 6.45) is 1.53. The number of benzene rings is 4. The molecule has 0 aromatic heterocycles. The number of thioether (sulfide) groups is 1. The molecule has 212 valence electrons. The number of halogens is 1. The summed E-state index contributed by atoms with van der Waals surface area (Å²) in [6.45, 7) is 0. The zero-order valence-electron chi connectivity index (χ0n) is 21.8. The number of anilines is 2. The maximum absolute atomic E-state index is 13.2. The molecule has 4 aromatic rings. The van der Waals surface area contributed by atoms with Gasteiger partial charge in [0.2, 0.25) is 5.91 Å². The molecule has 0 atom stereocenters. The van der Waals surface area contributed by atoms with E-state index in [4.69, 9.17) is 16.7 Å². The monoisotopic (exact) mass is 601 g/mol. The Morgan fingerprint density at radius 2 is 1.52 bits per heavy atom. The van der Waals surface area contributed by atoms with Gasteiger partial charge in [0.05, 0.1) is 5.75 Å². The fraction of sp³-hybridized carbons (Fsp3) is 0.0323. The largest absolute Gasteiger partial charge is 0.507 e. The van der Waals surface area contributed by atoms with Crippen LogP contribution in [-0.4, -0.2) is 39.7 Å². The van der Waals surface area contributed by atoms with Crippen LogP contribution in [0, 0.1) is 0 Å². The molecular formula is C31H24ClN3O6S. The van der Waals surface area contributed by atoms with Crippen molar-refractivity contribution in [3.63, 3.8) is 0 Å². The van der Waals surface area contributed by atoms with Crippen molar-refractivity contribution in [1.29, 1.82) is 0 Å². The van der Waals surface area contributed by atoms with E-state index in [0.29, 0.717) is 21.8 Å². The van der Waals surface area contributed by atoms with Gasteiger partial charge in [-0.25, -0.2) is 4.79 Å². The molecule has 0 saturated heterocycles. The number of phenols is 1. The molecule has 42 heavy (non-hydrogen) atoms. The highest BCUT2D eigenvalue weighted by Crippen LogP contribution is 2.24. The van der Waals surface area contributed by atoms with Gasteiger partial charge in [0, 0.05) is 26.9 Å². The Labute approximate surface area is 250 Å². The van der Waals surface area contributed by atoms with E-state index >= 15 is 0 Å². The average molecular weight is 602 g/mol. The van der Waals surface area contributed by atoms with Crippen LogP contribution in [0.15, 0.2) is 108 Å². The Bertz CT molecular complexity index is 1660. The van der Waals surface area contributed by atoms with E-state index in [0.717, 1.165) is 4.90 Å². The molecule has 0 heterocycles. The summed E-state index contributed by atoms with van der Waals surface area (Å²) in [4.78, 5) is 50.2. The first kappa shape index (κ1) is 29.9.